The average molecular weight is 404 g/mol. The molecule has 0 bridgehead atoms. The molecule has 2 N–H and O–H groups in total. The Morgan fingerprint density at radius 1 is 1.20 bits per heavy atom. The van der Waals surface area contributed by atoms with Crippen molar-refractivity contribution in [1.82, 2.24) is 19.7 Å². The molecule has 10 nitrogen and oxygen atoms in total. The molecule has 4 rings (SSSR count). The Balaban J connectivity index is 1.63. The van der Waals surface area contributed by atoms with Crippen LogP contribution in [0.15, 0.2) is 65.2 Å². The van der Waals surface area contributed by atoms with Gasteiger partial charge in [0.15, 0.2) is 23.0 Å². The van der Waals surface area contributed by atoms with E-state index in [1.165, 1.54) is 25.6 Å². The minimum Gasteiger partial charge on any atom is -0.504 e. The highest BCUT2D eigenvalue weighted by Gasteiger charge is 2.16. The molecule has 0 radical (unpaired) electrons. The van der Waals surface area contributed by atoms with E-state index in [0.717, 1.165) is 5.69 Å². The number of carboxylic acids is 1. The quantitative estimate of drug-likeness (QED) is 0.469. The molecule has 0 saturated carbocycles. The Kier molecular flexibility index (Phi) is 5.04. The highest BCUT2D eigenvalue weighted by molar-refractivity contribution is 5.92. The lowest BCUT2D eigenvalue weighted by atomic mass is 10.1. The van der Waals surface area contributed by atoms with Crippen molar-refractivity contribution in [2.24, 2.45) is 10.2 Å². The smallest absolute Gasteiger partial charge is 0.339 e. The number of hydrogen-bond donors (Lipinski definition) is 2. The molecule has 0 unspecified atom stereocenters. The van der Waals surface area contributed by atoms with Crippen LogP contribution in [-0.4, -0.2) is 43.0 Å². The second kappa shape index (κ2) is 7.95. The number of carboxylic acid groups (broad SMARTS) is 1. The van der Waals surface area contributed by atoms with Gasteiger partial charge in [0.2, 0.25) is 0 Å². The van der Waals surface area contributed by atoms with Crippen LogP contribution >= 0.6 is 0 Å². The third kappa shape index (κ3) is 3.53. The van der Waals surface area contributed by atoms with Gasteiger partial charge in [-0.25, -0.2) is 19.4 Å². The Bertz CT molecular complexity index is 1250. The summed E-state index contributed by atoms with van der Waals surface area (Å²) in [6.45, 7) is 0.0647. The van der Waals surface area contributed by atoms with Crippen LogP contribution in [0.4, 0.5) is 5.82 Å². The maximum absolute atomic E-state index is 11.3. The summed E-state index contributed by atoms with van der Waals surface area (Å²) in [4.78, 5) is 19.7. The van der Waals surface area contributed by atoms with Crippen molar-refractivity contribution in [2.75, 3.05) is 7.11 Å². The van der Waals surface area contributed by atoms with Gasteiger partial charge in [-0.3, -0.25) is 0 Å². The van der Waals surface area contributed by atoms with E-state index in [4.69, 9.17) is 4.74 Å². The van der Waals surface area contributed by atoms with Crippen molar-refractivity contribution < 1.29 is 19.7 Å². The fraction of sp³-hybridized carbons (Fsp3) is 0.100. The van der Waals surface area contributed by atoms with E-state index in [0.29, 0.717) is 22.4 Å². The van der Waals surface area contributed by atoms with Crippen LogP contribution in [0.2, 0.25) is 0 Å². The average Bonchev–Trinajstić information content (AvgIpc) is 3.20. The largest absolute Gasteiger partial charge is 0.504 e. The first-order valence-corrected chi connectivity index (χ1v) is 8.83. The number of carbonyl (C=O) groups is 1. The van der Waals surface area contributed by atoms with Crippen molar-refractivity contribution in [3.8, 4) is 17.2 Å². The molecule has 2 heterocycles. The molecule has 10 heteroatoms. The summed E-state index contributed by atoms with van der Waals surface area (Å²) in [6, 6.07) is 12.4. The number of benzene rings is 2. The number of hydrogen-bond acceptors (Lipinski definition) is 8. The first-order valence-electron chi connectivity index (χ1n) is 8.83. The number of para-hydroxylation sites is 1. The first-order chi connectivity index (χ1) is 14.6. The van der Waals surface area contributed by atoms with Crippen molar-refractivity contribution in [3.63, 3.8) is 0 Å². The van der Waals surface area contributed by atoms with Crippen molar-refractivity contribution >= 4 is 22.8 Å². The Labute approximate surface area is 170 Å². The third-order valence-corrected chi connectivity index (χ3v) is 4.35. The highest BCUT2D eigenvalue weighted by atomic mass is 16.5. The summed E-state index contributed by atoms with van der Waals surface area (Å²) in [5, 5.41) is 32.4. The number of rotatable bonds is 6. The van der Waals surface area contributed by atoms with Gasteiger partial charge in [0.25, 0.3) is 0 Å². The summed E-state index contributed by atoms with van der Waals surface area (Å²) in [5.74, 6) is -1.31. The van der Waals surface area contributed by atoms with Crippen LogP contribution in [0.3, 0.4) is 0 Å². The van der Waals surface area contributed by atoms with E-state index in [2.05, 4.69) is 25.3 Å². The second-order valence-corrected chi connectivity index (χ2v) is 6.23. The summed E-state index contributed by atoms with van der Waals surface area (Å²) >= 11 is 0. The van der Waals surface area contributed by atoms with Gasteiger partial charge >= 0.3 is 5.97 Å². The molecule has 0 saturated heterocycles. The Morgan fingerprint density at radius 3 is 2.73 bits per heavy atom. The molecule has 30 heavy (non-hydrogen) atoms. The summed E-state index contributed by atoms with van der Waals surface area (Å²) in [7, 11) is 1.34. The molecule has 0 aliphatic rings. The molecular formula is C20H16N6O4. The minimum atomic E-state index is -1.27. The zero-order valence-corrected chi connectivity index (χ0v) is 15.8. The van der Waals surface area contributed by atoms with Gasteiger partial charge in [-0.05, 0) is 29.8 Å². The van der Waals surface area contributed by atoms with Crippen molar-refractivity contribution in [2.45, 2.75) is 6.54 Å². The lowest BCUT2D eigenvalue weighted by Crippen LogP contribution is -2.00. The van der Waals surface area contributed by atoms with Gasteiger partial charge in [0, 0.05) is 0 Å². The molecule has 0 spiro atoms. The van der Waals surface area contributed by atoms with E-state index in [1.807, 2.05) is 30.3 Å². The van der Waals surface area contributed by atoms with Crippen molar-refractivity contribution in [1.29, 1.82) is 0 Å². The maximum Gasteiger partial charge on any atom is 0.339 e. The summed E-state index contributed by atoms with van der Waals surface area (Å²) < 4.78 is 6.71. The number of nitrogens with zero attached hydrogens (tertiary/aromatic N) is 6. The normalized spacial score (nSPS) is 11.2. The number of aromatic carboxylic acids is 1. The van der Waals surface area contributed by atoms with Crippen LogP contribution < -0.4 is 4.74 Å². The van der Waals surface area contributed by atoms with Crippen LogP contribution in [0.25, 0.3) is 16.7 Å². The number of methoxy groups -OCH3 is 1. The van der Waals surface area contributed by atoms with Gasteiger partial charge in [0.05, 0.1) is 30.9 Å². The topological polar surface area (TPSA) is 135 Å². The molecule has 0 aliphatic carbocycles. The third-order valence-electron chi connectivity index (χ3n) is 4.35. The highest BCUT2D eigenvalue weighted by Crippen LogP contribution is 2.32. The molecular weight excluding hydrogens is 388 g/mol. The van der Waals surface area contributed by atoms with Crippen LogP contribution in [0.5, 0.6) is 11.5 Å². The van der Waals surface area contributed by atoms with E-state index in [-0.39, 0.29) is 17.9 Å². The Morgan fingerprint density at radius 2 is 2.00 bits per heavy atom. The van der Waals surface area contributed by atoms with E-state index < -0.39 is 11.7 Å². The minimum absolute atomic E-state index is 0.0497. The summed E-state index contributed by atoms with van der Waals surface area (Å²) in [6.07, 6.45) is 2.99. The molecule has 2 aromatic heterocycles. The number of phenols is 1. The zero-order chi connectivity index (χ0) is 21.1. The van der Waals surface area contributed by atoms with Crippen LogP contribution in [0, 0.1) is 0 Å². The zero-order valence-electron chi connectivity index (χ0n) is 15.8. The van der Waals surface area contributed by atoms with Gasteiger partial charge in [-0.2, -0.15) is 10.2 Å². The molecule has 2 aromatic carbocycles. The Hall–Kier alpha value is -4.34. The molecule has 150 valence electrons. The van der Waals surface area contributed by atoms with E-state index in [9.17, 15) is 15.0 Å². The molecule has 0 fully saturated rings. The van der Waals surface area contributed by atoms with Gasteiger partial charge in [0.1, 0.15) is 11.9 Å². The predicted molar refractivity (Wildman–Crippen MR) is 106 cm³/mol. The lowest BCUT2D eigenvalue weighted by Gasteiger charge is -2.08. The number of fused-ring (bicyclic) bond motifs is 1. The van der Waals surface area contributed by atoms with Gasteiger partial charge in [-0.1, -0.05) is 18.2 Å². The van der Waals surface area contributed by atoms with Gasteiger partial charge in [-0.15, -0.1) is 5.11 Å². The first kappa shape index (κ1) is 19.0. The van der Waals surface area contributed by atoms with E-state index >= 15 is 0 Å². The SMILES string of the molecule is COc1cc(CN=Nc2ncnc3c2cnn3-c2ccccc2)cc(C(=O)O)c1O. The monoisotopic (exact) mass is 404 g/mol. The number of aromatic nitrogens is 4. The molecule has 0 atom stereocenters. The molecule has 4 aromatic rings. The standard InChI is InChI=1S/C20H16N6O4/c1-30-16-8-12(7-14(17(16)27)20(28)29)9-23-25-18-15-10-24-26(19(15)22-11-21-18)13-5-3-2-4-6-13/h2-8,10-11,27H,9H2,1H3,(H,28,29). The fourth-order valence-corrected chi connectivity index (χ4v) is 2.93. The number of ether oxygens (including phenoxy) is 1. The second-order valence-electron chi connectivity index (χ2n) is 6.23. The predicted octanol–water partition coefficient (Wildman–Crippen LogP) is 3.51. The number of azo groups is 1. The van der Waals surface area contributed by atoms with Crippen molar-refractivity contribution in [3.05, 3.63) is 66.1 Å². The van der Waals surface area contributed by atoms with Crippen LogP contribution in [-0.2, 0) is 6.54 Å². The van der Waals surface area contributed by atoms with Crippen LogP contribution in [0.1, 0.15) is 15.9 Å². The molecule has 0 amide bonds. The summed E-state index contributed by atoms with van der Waals surface area (Å²) in [5.41, 5.74) is 1.68. The van der Waals surface area contributed by atoms with E-state index in [1.54, 1.807) is 10.9 Å². The number of aromatic hydroxyl groups is 1. The van der Waals surface area contributed by atoms with Gasteiger partial charge < -0.3 is 14.9 Å². The fourth-order valence-electron chi connectivity index (χ4n) is 2.93. The lowest BCUT2D eigenvalue weighted by molar-refractivity contribution is 0.0693. The molecule has 0 aliphatic heterocycles. The maximum atomic E-state index is 11.3.